The number of benzene rings is 1. The molecule has 18 heavy (non-hydrogen) atoms. The van der Waals surface area contributed by atoms with Gasteiger partial charge in [0.1, 0.15) is 0 Å². The molecule has 0 spiro atoms. The van der Waals surface area contributed by atoms with Gasteiger partial charge in [-0.15, -0.1) is 0 Å². The summed E-state index contributed by atoms with van der Waals surface area (Å²) in [5.41, 5.74) is 2.67. The number of hydrogen-bond acceptors (Lipinski definition) is 3. The molecule has 2 rings (SSSR count). The van der Waals surface area contributed by atoms with E-state index in [1.165, 1.54) is 30.5 Å². The van der Waals surface area contributed by atoms with E-state index in [4.69, 9.17) is 4.74 Å². The average Bonchev–Trinajstić information content (AvgIpc) is 2.84. The van der Waals surface area contributed by atoms with Crippen molar-refractivity contribution in [3.63, 3.8) is 0 Å². The first-order chi connectivity index (χ1) is 8.79. The molecule has 1 N–H and O–H groups in total. The van der Waals surface area contributed by atoms with E-state index in [1.54, 1.807) is 7.11 Å². The molecule has 0 aromatic heterocycles. The molecule has 1 aliphatic heterocycles. The monoisotopic (exact) mass is 248 g/mol. The summed E-state index contributed by atoms with van der Waals surface area (Å²) < 4.78 is 5.25. The molecule has 3 nitrogen and oxygen atoms in total. The van der Waals surface area contributed by atoms with E-state index in [1.807, 2.05) is 0 Å². The summed E-state index contributed by atoms with van der Waals surface area (Å²) in [6, 6.07) is 9.21. The number of rotatable bonds is 6. The van der Waals surface area contributed by atoms with Gasteiger partial charge in [0.05, 0.1) is 6.61 Å². The van der Waals surface area contributed by atoms with E-state index in [-0.39, 0.29) is 0 Å². The van der Waals surface area contributed by atoms with Gasteiger partial charge in [0.25, 0.3) is 0 Å². The third-order valence-electron chi connectivity index (χ3n) is 3.55. The summed E-state index contributed by atoms with van der Waals surface area (Å²) in [4.78, 5) is 2.40. The second kappa shape index (κ2) is 6.88. The highest BCUT2D eigenvalue weighted by Crippen LogP contribution is 2.13. The predicted molar refractivity (Wildman–Crippen MR) is 74.5 cm³/mol. The van der Waals surface area contributed by atoms with Gasteiger partial charge < -0.3 is 15.0 Å². The van der Waals surface area contributed by atoms with E-state index >= 15 is 0 Å². The summed E-state index contributed by atoms with van der Waals surface area (Å²) in [6.45, 7) is 4.00. The third-order valence-corrected chi connectivity index (χ3v) is 3.55. The van der Waals surface area contributed by atoms with Gasteiger partial charge in [-0.1, -0.05) is 24.3 Å². The first-order valence-corrected chi connectivity index (χ1v) is 6.77. The molecule has 0 bridgehead atoms. The number of likely N-dealkylation sites (N-methyl/N-ethyl adjacent to an activating group) is 1. The average molecular weight is 248 g/mol. The van der Waals surface area contributed by atoms with Crippen LogP contribution in [0.4, 0.5) is 0 Å². The Morgan fingerprint density at radius 3 is 2.78 bits per heavy atom. The molecule has 1 atom stereocenters. The molecule has 1 aromatic carbocycles. The largest absolute Gasteiger partial charge is 0.380 e. The van der Waals surface area contributed by atoms with E-state index in [0.717, 1.165) is 13.1 Å². The van der Waals surface area contributed by atoms with Crippen LogP contribution in [0.5, 0.6) is 0 Å². The maximum Gasteiger partial charge on any atom is 0.0716 e. The lowest BCUT2D eigenvalue weighted by atomic mass is 10.1. The fourth-order valence-electron chi connectivity index (χ4n) is 2.65. The van der Waals surface area contributed by atoms with Gasteiger partial charge in [-0.25, -0.2) is 0 Å². The van der Waals surface area contributed by atoms with Crippen molar-refractivity contribution in [2.24, 2.45) is 0 Å². The highest BCUT2D eigenvalue weighted by atomic mass is 16.5. The molecule has 100 valence electrons. The van der Waals surface area contributed by atoms with Crippen LogP contribution in [0, 0.1) is 0 Å². The van der Waals surface area contributed by atoms with Crippen LogP contribution < -0.4 is 5.32 Å². The van der Waals surface area contributed by atoms with Crippen molar-refractivity contribution >= 4 is 0 Å². The number of methoxy groups -OCH3 is 1. The second-order valence-electron chi connectivity index (χ2n) is 5.19. The summed E-state index contributed by atoms with van der Waals surface area (Å²) in [5, 5.41) is 3.55. The quantitative estimate of drug-likeness (QED) is 0.833. The Bertz CT molecular complexity index is 361. The van der Waals surface area contributed by atoms with Crippen LogP contribution in [0.25, 0.3) is 0 Å². The van der Waals surface area contributed by atoms with E-state index in [2.05, 4.69) is 41.5 Å². The minimum Gasteiger partial charge on any atom is -0.380 e. The predicted octanol–water partition coefficient (Wildman–Crippen LogP) is 2.02. The fourth-order valence-corrected chi connectivity index (χ4v) is 2.65. The first kappa shape index (κ1) is 13.5. The third kappa shape index (κ3) is 3.80. The Morgan fingerprint density at radius 1 is 1.33 bits per heavy atom. The highest BCUT2D eigenvalue weighted by molar-refractivity contribution is 5.26. The Morgan fingerprint density at radius 2 is 2.11 bits per heavy atom. The molecule has 1 aliphatic rings. The van der Waals surface area contributed by atoms with Gasteiger partial charge in [-0.3, -0.25) is 0 Å². The lowest BCUT2D eigenvalue weighted by molar-refractivity contribution is 0.182. The Labute approximate surface area is 110 Å². The summed E-state index contributed by atoms with van der Waals surface area (Å²) in [7, 11) is 3.95. The standard InChI is InChI=1S/C15H24N2O/c1-17(11-15-8-5-9-16-15)10-13-6-3-4-7-14(13)12-18-2/h3-4,6-7,15-16H,5,8-12H2,1-2H3. The van der Waals surface area contributed by atoms with Crippen molar-refractivity contribution in [2.75, 3.05) is 27.2 Å². The van der Waals surface area contributed by atoms with Crippen molar-refractivity contribution in [3.8, 4) is 0 Å². The Kier molecular flexibility index (Phi) is 5.17. The van der Waals surface area contributed by atoms with Crippen LogP contribution >= 0.6 is 0 Å². The van der Waals surface area contributed by atoms with Gasteiger partial charge in [0.2, 0.25) is 0 Å². The van der Waals surface area contributed by atoms with Crippen molar-refractivity contribution in [1.29, 1.82) is 0 Å². The van der Waals surface area contributed by atoms with Crippen molar-refractivity contribution in [2.45, 2.75) is 32.0 Å². The maximum atomic E-state index is 5.25. The molecule has 1 heterocycles. The first-order valence-electron chi connectivity index (χ1n) is 6.77. The molecular formula is C15H24N2O. The summed E-state index contributed by atoms with van der Waals surface area (Å²) >= 11 is 0. The molecular weight excluding hydrogens is 224 g/mol. The minimum atomic E-state index is 0.671. The second-order valence-corrected chi connectivity index (χ2v) is 5.19. The van der Waals surface area contributed by atoms with Crippen LogP contribution in [0.15, 0.2) is 24.3 Å². The van der Waals surface area contributed by atoms with Gasteiger partial charge >= 0.3 is 0 Å². The zero-order valence-corrected chi connectivity index (χ0v) is 11.5. The molecule has 0 saturated carbocycles. The van der Waals surface area contributed by atoms with Crippen LogP contribution in [0.1, 0.15) is 24.0 Å². The zero-order valence-electron chi connectivity index (χ0n) is 11.5. The normalized spacial score (nSPS) is 19.6. The van der Waals surface area contributed by atoms with E-state index < -0.39 is 0 Å². The Balaban J connectivity index is 1.90. The minimum absolute atomic E-state index is 0.671. The zero-order chi connectivity index (χ0) is 12.8. The highest BCUT2D eigenvalue weighted by Gasteiger charge is 2.16. The van der Waals surface area contributed by atoms with Gasteiger partial charge in [-0.05, 0) is 37.6 Å². The van der Waals surface area contributed by atoms with Crippen LogP contribution in [-0.2, 0) is 17.9 Å². The van der Waals surface area contributed by atoms with Gasteiger partial charge in [0, 0.05) is 26.2 Å². The van der Waals surface area contributed by atoms with Gasteiger partial charge in [-0.2, -0.15) is 0 Å². The van der Waals surface area contributed by atoms with E-state index in [9.17, 15) is 0 Å². The van der Waals surface area contributed by atoms with Crippen LogP contribution in [0.3, 0.4) is 0 Å². The van der Waals surface area contributed by atoms with Crippen LogP contribution in [-0.4, -0.2) is 38.2 Å². The van der Waals surface area contributed by atoms with Crippen molar-refractivity contribution in [1.82, 2.24) is 10.2 Å². The molecule has 1 saturated heterocycles. The number of hydrogen-bond donors (Lipinski definition) is 1. The number of nitrogens with one attached hydrogen (secondary N) is 1. The Hall–Kier alpha value is -0.900. The number of ether oxygens (including phenoxy) is 1. The SMILES string of the molecule is COCc1ccccc1CN(C)CC1CCCN1. The lowest BCUT2D eigenvalue weighted by Crippen LogP contribution is -2.35. The van der Waals surface area contributed by atoms with Crippen LogP contribution in [0.2, 0.25) is 0 Å². The molecule has 3 heteroatoms. The molecule has 0 aliphatic carbocycles. The number of nitrogens with zero attached hydrogens (tertiary/aromatic N) is 1. The smallest absolute Gasteiger partial charge is 0.0716 e. The lowest BCUT2D eigenvalue weighted by Gasteiger charge is -2.22. The van der Waals surface area contributed by atoms with Crippen molar-refractivity contribution in [3.05, 3.63) is 35.4 Å². The molecule has 0 radical (unpaired) electrons. The molecule has 1 fully saturated rings. The van der Waals surface area contributed by atoms with Gasteiger partial charge in [0.15, 0.2) is 0 Å². The molecule has 0 amide bonds. The summed E-state index contributed by atoms with van der Waals surface area (Å²) in [5.74, 6) is 0. The van der Waals surface area contributed by atoms with E-state index in [0.29, 0.717) is 12.6 Å². The maximum absolute atomic E-state index is 5.25. The molecule has 1 aromatic rings. The topological polar surface area (TPSA) is 24.5 Å². The van der Waals surface area contributed by atoms with Crippen molar-refractivity contribution < 1.29 is 4.74 Å². The summed E-state index contributed by atoms with van der Waals surface area (Å²) in [6.07, 6.45) is 2.63. The fraction of sp³-hybridized carbons (Fsp3) is 0.600. The molecule has 1 unspecified atom stereocenters.